The van der Waals surface area contributed by atoms with Crippen LogP contribution in [0.1, 0.15) is 32.1 Å². The van der Waals surface area contributed by atoms with Gasteiger partial charge in [0, 0.05) is 34.7 Å². The lowest BCUT2D eigenvalue weighted by atomic mass is 9.97. The minimum Gasteiger partial charge on any atom is -0.494 e. The zero-order chi connectivity index (χ0) is 21.6. The maximum Gasteiger partial charge on any atom is 0.258 e. The second kappa shape index (κ2) is 10.6. The maximum absolute atomic E-state index is 12.3. The van der Waals surface area contributed by atoms with E-state index in [-0.39, 0.29) is 18.6 Å². The van der Waals surface area contributed by atoms with Crippen molar-refractivity contribution in [1.29, 1.82) is 0 Å². The molecule has 2 aromatic carbocycles. The number of hydrogen-bond acceptors (Lipinski definition) is 4. The van der Waals surface area contributed by atoms with Gasteiger partial charge in [0.25, 0.3) is 5.91 Å². The Morgan fingerprint density at radius 2 is 1.45 bits per heavy atom. The van der Waals surface area contributed by atoms with E-state index in [2.05, 4.69) is 10.2 Å². The molecule has 4 rings (SSSR count). The molecule has 5 nitrogen and oxygen atoms in total. The number of nitrogens with one attached hydrogen (secondary N) is 1. The lowest BCUT2D eigenvalue weighted by Gasteiger charge is -2.39. The van der Waals surface area contributed by atoms with E-state index in [4.69, 9.17) is 32.7 Å². The Balaban J connectivity index is 1.16. The molecule has 166 valence electrons. The van der Waals surface area contributed by atoms with E-state index in [0.717, 1.165) is 36.6 Å². The Hall–Kier alpha value is -1.95. The molecular formula is C24H28Cl2N2O3. The van der Waals surface area contributed by atoms with Crippen molar-refractivity contribution >= 4 is 29.1 Å². The summed E-state index contributed by atoms with van der Waals surface area (Å²) in [7, 11) is 0. The number of amides is 1. The summed E-state index contributed by atoms with van der Waals surface area (Å²) in [6, 6.07) is 15.8. The lowest BCUT2D eigenvalue weighted by molar-refractivity contribution is -0.124. The van der Waals surface area contributed by atoms with Gasteiger partial charge in [-0.05, 0) is 80.6 Å². The number of halogens is 2. The minimum absolute atomic E-state index is 0.0270. The zero-order valence-electron chi connectivity index (χ0n) is 17.4. The summed E-state index contributed by atoms with van der Waals surface area (Å²) in [5, 5.41) is 4.53. The number of carbonyl (C=O) groups is 1. The van der Waals surface area contributed by atoms with Crippen LogP contribution in [-0.2, 0) is 4.79 Å². The highest BCUT2D eigenvalue weighted by Crippen LogP contribution is 2.35. The molecule has 0 radical (unpaired) electrons. The second-order valence-corrected chi connectivity index (χ2v) is 9.13. The molecule has 2 aliphatic heterocycles. The molecule has 1 N–H and O–H groups in total. The van der Waals surface area contributed by atoms with Crippen molar-refractivity contribution in [1.82, 2.24) is 10.2 Å². The Morgan fingerprint density at radius 3 is 2.03 bits per heavy atom. The van der Waals surface area contributed by atoms with Gasteiger partial charge < -0.3 is 14.8 Å². The van der Waals surface area contributed by atoms with Gasteiger partial charge in [-0.15, -0.1) is 0 Å². The van der Waals surface area contributed by atoms with Crippen molar-refractivity contribution in [3.63, 3.8) is 0 Å². The normalized spacial score (nSPS) is 22.8. The van der Waals surface area contributed by atoms with Crippen molar-refractivity contribution in [2.75, 3.05) is 19.8 Å². The van der Waals surface area contributed by atoms with Crippen molar-refractivity contribution in [2.45, 2.75) is 50.2 Å². The number of ether oxygens (including phenoxy) is 2. The first-order valence-electron chi connectivity index (χ1n) is 10.9. The number of benzene rings is 2. The van der Waals surface area contributed by atoms with Crippen LogP contribution in [0.25, 0.3) is 0 Å². The van der Waals surface area contributed by atoms with Crippen LogP contribution in [0.4, 0.5) is 0 Å². The molecule has 1 amide bonds. The number of nitrogens with zero attached hydrogens (tertiary/aromatic N) is 1. The average molecular weight is 463 g/mol. The Bertz CT molecular complexity index is 846. The average Bonchev–Trinajstić information content (AvgIpc) is 3.00. The topological polar surface area (TPSA) is 50.8 Å². The Kier molecular flexibility index (Phi) is 7.59. The second-order valence-electron chi connectivity index (χ2n) is 8.26. The fraction of sp³-hybridized carbons (Fsp3) is 0.458. The van der Waals surface area contributed by atoms with E-state index >= 15 is 0 Å². The number of fused-ring (bicyclic) bond motifs is 2. The lowest BCUT2D eigenvalue weighted by Crippen LogP contribution is -2.51. The largest absolute Gasteiger partial charge is 0.494 e. The highest BCUT2D eigenvalue weighted by atomic mass is 35.5. The summed E-state index contributed by atoms with van der Waals surface area (Å²) in [6.45, 7) is 1.75. The van der Waals surface area contributed by atoms with Gasteiger partial charge in [-0.2, -0.15) is 0 Å². The van der Waals surface area contributed by atoms with E-state index in [1.165, 1.54) is 12.8 Å². The molecule has 2 saturated heterocycles. The Morgan fingerprint density at radius 1 is 0.903 bits per heavy atom. The van der Waals surface area contributed by atoms with Gasteiger partial charge in [0.1, 0.15) is 11.5 Å². The maximum atomic E-state index is 12.3. The molecule has 0 aromatic heterocycles. The summed E-state index contributed by atoms with van der Waals surface area (Å²) < 4.78 is 11.4. The Labute approximate surface area is 193 Å². The fourth-order valence-electron chi connectivity index (χ4n) is 4.67. The number of rotatable bonds is 9. The molecule has 2 atom stereocenters. The summed E-state index contributed by atoms with van der Waals surface area (Å²) in [4.78, 5) is 14.9. The first kappa shape index (κ1) is 22.3. The van der Waals surface area contributed by atoms with Gasteiger partial charge in [-0.3, -0.25) is 9.69 Å². The standard InChI is InChI=1S/C24H28Cl2N2O3/c25-17-2-8-22(9-3-17)30-13-1-12-28-20-6-7-21(28)15-19(14-20)27-24(29)16-31-23-10-4-18(26)5-11-23/h2-5,8-11,19-21H,1,6-7,12-16H2,(H,27,29). The van der Waals surface area contributed by atoms with Crippen LogP contribution in [-0.4, -0.2) is 48.7 Å². The summed E-state index contributed by atoms with van der Waals surface area (Å²) in [5.41, 5.74) is 0. The molecular weight excluding hydrogens is 435 g/mol. The van der Waals surface area contributed by atoms with Gasteiger partial charge >= 0.3 is 0 Å². The monoisotopic (exact) mass is 462 g/mol. The minimum atomic E-state index is -0.0656. The van der Waals surface area contributed by atoms with Crippen LogP contribution in [0.5, 0.6) is 11.5 Å². The predicted molar refractivity (Wildman–Crippen MR) is 123 cm³/mol. The molecule has 2 unspecified atom stereocenters. The van der Waals surface area contributed by atoms with Crippen LogP contribution in [0.2, 0.25) is 10.0 Å². The van der Waals surface area contributed by atoms with Gasteiger partial charge in [0.05, 0.1) is 6.61 Å². The van der Waals surface area contributed by atoms with Crippen molar-refractivity contribution in [2.24, 2.45) is 0 Å². The van der Waals surface area contributed by atoms with Crippen molar-refractivity contribution < 1.29 is 14.3 Å². The highest BCUT2D eigenvalue weighted by Gasteiger charge is 2.40. The van der Waals surface area contributed by atoms with Crippen LogP contribution in [0, 0.1) is 0 Å². The quantitative estimate of drug-likeness (QED) is 0.535. The first-order valence-corrected chi connectivity index (χ1v) is 11.6. The third kappa shape index (κ3) is 6.28. The highest BCUT2D eigenvalue weighted by molar-refractivity contribution is 6.30. The summed E-state index contributed by atoms with van der Waals surface area (Å²) >= 11 is 11.8. The molecule has 2 aliphatic rings. The van der Waals surface area contributed by atoms with Gasteiger partial charge in [-0.1, -0.05) is 23.2 Å². The molecule has 0 saturated carbocycles. The van der Waals surface area contributed by atoms with Gasteiger partial charge in [0.2, 0.25) is 0 Å². The molecule has 7 heteroatoms. The van der Waals surface area contributed by atoms with Crippen LogP contribution in [0.15, 0.2) is 48.5 Å². The summed E-state index contributed by atoms with van der Waals surface area (Å²) in [6.07, 6.45) is 5.40. The molecule has 0 spiro atoms. The number of hydrogen-bond donors (Lipinski definition) is 1. The van der Waals surface area contributed by atoms with Crippen LogP contribution >= 0.6 is 23.2 Å². The SMILES string of the molecule is O=C(COc1ccc(Cl)cc1)NC1CC2CCC(C1)N2CCCOc1ccc(Cl)cc1. The van der Waals surface area contributed by atoms with E-state index in [0.29, 0.717) is 29.5 Å². The predicted octanol–water partition coefficient (Wildman–Crippen LogP) is 4.95. The van der Waals surface area contributed by atoms with E-state index < -0.39 is 0 Å². The molecule has 2 bridgehead atoms. The third-order valence-electron chi connectivity index (χ3n) is 6.08. The molecule has 2 fully saturated rings. The van der Waals surface area contributed by atoms with Gasteiger partial charge in [0.15, 0.2) is 6.61 Å². The van der Waals surface area contributed by atoms with E-state index in [9.17, 15) is 4.79 Å². The first-order chi connectivity index (χ1) is 15.1. The zero-order valence-corrected chi connectivity index (χ0v) is 18.9. The van der Waals surface area contributed by atoms with Crippen molar-refractivity contribution in [3.05, 3.63) is 58.6 Å². The van der Waals surface area contributed by atoms with Crippen LogP contribution < -0.4 is 14.8 Å². The summed E-state index contributed by atoms with van der Waals surface area (Å²) in [5.74, 6) is 1.44. The number of piperidine rings is 1. The van der Waals surface area contributed by atoms with Gasteiger partial charge in [-0.25, -0.2) is 0 Å². The van der Waals surface area contributed by atoms with Crippen LogP contribution in [0.3, 0.4) is 0 Å². The molecule has 31 heavy (non-hydrogen) atoms. The third-order valence-corrected chi connectivity index (χ3v) is 6.58. The van der Waals surface area contributed by atoms with E-state index in [1.807, 2.05) is 24.3 Å². The number of carbonyl (C=O) groups excluding carboxylic acids is 1. The smallest absolute Gasteiger partial charge is 0.258 e. The molecule has 2 aromatic rings. The van der Waals surface area contributed by atoms with E-state index in [1.54, 1.807) is 24.3 Å². The molecule has 0 aliphatic carbocycles. The van der Waals surface area contributed by atoms with Crippen molar-refractivity contribution in [3.8, 4) is 11.5 Å². The molecule has 2 heterocycles. The fourth-order valence-corrected chi connectivity index (χ4v) is 4.93.